The predicted molar refractivity (Wildman–Crippen MR) is 62.2 cm³/mol. The summed E-state index contributed by atoms with van der Waals surface area (Å²) in [4.78, 5) is 15.4. The largest absolute Gasteiger partial charge is 0.411 e. The van der Waals surface area contributed by atoms with Crippen LogP contribution in [0.5, 0.6) is 0 Å². The number of alkyl halides is 3. The van der Waals surface area contributed by atoms with Crippen LogP contribution in [0.2, 0.25) is 0 Å². The van der Waals surface area contributed by atoms with E-state index in [4.69, 9.17) is 10.9 Å². The van der Waals surface area contributed by atoms with Crippen molar-refractivity contribution in [3.05, 3.63) is 29.6 Å². The van der Waals surface area contributed by atoms with Crippen LogP contribution in [-0.4, -0.2) is 33.6 Å². The van der Waals surface area contributed by atoms with E-state index in [0.29, 0.717) is 0 Å². The quantitative estimate of drug-likeness (QED) is 0.334. The van der Waals surface area contributed by atoms with E-state index in [9.17, 15) is 18.0 Å². The summed E-state index contributed by atoms with van der Waals surface area (Å²) in [5.74, 6) is -1.12. The van der Waals surface area contributed by atoms with Crippen LogP contribution < -0.4 is 11.1 Å². The van der Waals surface area contributed by atoms with Gasteiger partial charge in [-0.15, -0.1) is 0 Å². The third-order valence-corrected chi connectivity index (χ3v) is 3.05. The smallest absolute Gasteiger partial charge is 0.409 e. The molecule has 1 aromatic rings. The molecule has 0 radical (unpaired) electrons. The van der Waals surface area contributed by atoms with E-state index >= 15 is 0 Å². The molecule has 0 spiro atoms. The fourth-order valence-corrected chi connectivity index (χ4v) is 1.62. The van der Waals surface area contributed by atoms with Crippen molar-refractivity contribution in [2.75, 3.05) is 0 Å². The maximum absolute atomic E-state index is 12.7. The molecule has 0 aliphatic heterocycles. The Morgan fingerprint density at radius 3 is 2.50 bits per heavy atom. The molecule has 0 aromatic carbocycles. The zero-order valence-electron chi connectivity index (χ0n) is 10.1. The molecule has 108 valence electrons. The zero-order chi connectivity index (χ0) is 15.0. The molecule has 0 bridgehead atoms. The number of rotatable bonds is 3. The first-order valence-corrected chi connectivity index (χ1v) is 5.62. The number of nitrogens with one attached hydrogen (secondary N) is 1. The molecule has 1 aliphatic carbocycles. The van der Waals surface area contributed by atoms with Crippen LogP contribution in [0.15, 0.2) is 23.5 Å². The number of nitrogens with zero attached hydrogens (tertiary/aromatic N) is 2. The maximum Gasteiger partial charge on any atom is 0.411 e. The van der Waals surface area contributed by atoms with Crippen LogP contribution in [0.25, 0.3) is 0 Å². The lowest BCUT2D eigenvalue weighted by Gasteiger charge is -2.20. The lowest BCUT2D eigenvalue weighted by atomic mass is 10.2. The Kier molecular flexibility index (Phi) is 3.28. The minimum atomic E-state index is -4.48. The molecular weight excluding hydrogens is 277 g/mol. The number of carbonyl (C=O) groups excluding carboxylic acids is 1. The second-order valence-corrected chi connectivity index (χ2v) is 4.45. The van der Waals surface area contributed by atoms with Gasteiger partial charge in [0.25, 0.3) is 5.91 Å². The van der Waals surface area contributed by atoms with Crippen molar-refractivity contribution in [1.29, 1.82) is 0 Å². The Labute approximate surface area is 111 Å². The van der Waals surface area contributed by atoms with Crippen molar-refractivity contribution in [2.45, 2.75) is 24.6 Å². The number of nitrogens with two attached hydrogens (primary N) is 1. The topological polar surface area (TPSA) is 101 Å². The van der Waals surface area contributed by atoms with Crippen LogP contribution in [0.3, 0.4) is 0 Å². The minimum absolute atomic E-state index is 0.134. The van der Waals surface area contributed by atoms with Gasteiger partial charge in [-0.2, -0.15) is 13.2 Å². The van der Waals surface area contributed by atoms with E-state index in [2.05, 4.69) is 10.1 Å². The second kappa shape index (κ2) is 4.66. The van der Waals surface area contributed by atoms with Gasteiger partial charge >= 0.3 is 6.18 Å². The highest BCUT2D eigenvalue weighted by Crippen LogP contribution is 2.48. The van der Waals surface area contributed by atoms with Gasteiger partial charge in [0.2, 0.25) is 0 Å². The molecule has 4 N–H and O–H groups in total. The third-order valence-electron chi connectivity index (χ3n) is 3.05. The zero-order valence-corrected chi connectivity index (χ0v) is 10.1. The molecule has 2 rings (SSSR count). The number of pyridine rings is 1. The number of aromatic nitrogens is 1. The Morgan fingerprint density at radius 1 is 1.45 bits per heavy atom. The molecule has 0 saturated heterocycles. The third kappa shape index (κ3) is 2.51. The lowest BCUT2D eigenvalue weighted by molar-refractivity contribution is -0.163. The molecular formula is C11H11F3N4O2. The second-order valence-electron chi connectivity index (χ2n) is 4.45. The monoisotopic (exact) mass is 288 g/mol. The van der Waals surface area contributed by atoms with Gasteiger partial charge in [-0.25, -0.2) is 0 Å². The van der Waals surface area contributed by atoms with Gasteiger partial charge < -0.3 is 16.3 Å². The number of amides is 1. The summed E-state index contributed by atoms with van der Waals surface area (Å²) in [5, 5.41) is 13.1. The van der Waals surface area contributed by atoms with E-state index in [1.807, 2.05) is 5.32 Å². The van der Waals surface area contributed by atoms with Gasteiger partial charge in [-0.05, 0) is 25.0 Å². The minimum Gasteiger partial charge on any atom is -0.409 e. The van der Waals surface area contributed by atoms with E-state index in [1.54, 1.807) is 0 Å². The predicted octanol–water partition coefficient (Wildman–Crippen LogP) is 1.00. The SMILES string of the molecule is N/C(=N/O)c1ccc(C(=O)NC2(C(F)(F)F)CC2)nc1. The average Bonchev–Trinajstić information content (AvgIpc) is 3.18. The molecule has 1 aliphatic rings. The van der Waals surface area contributed by atoms with Crippen molar-refractivity contribution in [1.82, 2.24) is 10.3 Å². The van der Waals surface area contributed by atoms with Gasteiger partial charge in [-0.1, -0.05) is 5.16 Å². The number of halogens is 3. The molecule has 0 unspecified atom stereocenters. The van der Waals surface area contributed by atoms with Crippen molar-refractivity contribution in [2.24, 2.45) is 10.9 Å². The van der Waals surface area contributed by atoms with Gasteiger partial charge in [-0.3, -0.25) is 9.78 Å². The highest BCUT2D eigenvalue weighted by Gasteiger charge is 2.64. The van der Waals surface area contributed by atoms with E-state index in [1.165, 1.54) is 12.1 Å². The highest BCUT2D eigenvalue weighted by molar-refractivity contribution is 5.98. The standard InChI is InChI=1S/C11H11F3N4O2/c12-11(13,14)10(3-4-10)17-9(19)7-2-1-6(5-16-7)8(15)18-20/h1-2,5,20H,3-4H2,(H2,15,18)(H,17,19). The van der Waals surface area contributed by atoms with Crippen molar-refractivity contribution < 1.29 is 23.2 Å². The fraction of sp³-hybridized carbons (Fsp3) is 0.364. The van der Waals surface area contributed by atoms with Gasteiger partial charge in [0, 0.05) is 11.8 Å². The number of carbonyl (C=O) groups is 1. The normalized spacial score (nSPS) is 17.6. The van der Waals surface area contributed by atoms with Crippen molar-refractivity contribution >= 4 is 11.7 Å². The molecule has 6 nitrogen and oxygen atoms in total. The molecule has 1 fully saturated rings. The van der Waals surface area contributed by atoms with E-state index < -0.39 is 17.6 Å². The molecule has 1 aromatic heterocycles. The number of amidine groups is 1. The van der Waals surface area contributed by atoms with Gasteiger partial charge in [0.1, 0.15) is 11.2 Å². The van der Waals surface area contributed by atoms with Gasteiger partial charge in [0.15, 0.2) is 5.84 Å². The molecule has 1 amide bonds. The maximum atomic E-state index is 12.7. The van der Waals surface area contributed by atoms with Crippen LogP contribution in [-0.2, 0) is 0 Å². The Morgan fingerprint density at radius 2 is 2.10 bits per heavy atom. The molecule has 20 heavy (non-hydrogen) atoms. The summed E-state index contributed by atoms with van der Waals surface area (Å²) in [5.41, 5.74) is 3.25. The summed E-state index contributed by atoms with van der Waals surface area (Å²) in [6.07, 6.45) is -3.61. The molecule has 0 atom stereocenters. The lowest BCUT2D eigenvalue weighted by Crippen LogP contribution is -2.48. The molecule has 1 saturated carbocycles. The summed E-state index contributed by atoms with van der Waals surface area (Å²) in [7, 11) is 0. The Bertz CT molecular complexity index is 550. The van der Waals surface area contributed by atoms with Crippen molar-refractivity contribution in [3.63, 3.8) is 0 Å². The average molecular weight is 288 g/mol. The van der Waals surface area contributed by atoms with Crippen LogP contribution in [0, 0.1) is 0 Å². The number of hydrogen-bond donors (Lipinski definition) is 3. The first-order valence-electron chi connectivity index (χ1n) is 5.62. The molecule has 9 heteroatoms. The van der Waals surface area contributed by atoms with E-state index in [0.717, 1.165) is 6.20 Å². The van der Waals surface area contributed by atoms with Crippen LogP contribution in [0.4, 0.5) is 13.2 Å². The van der Waals surface area contributed by atoms with Crippen LogP contribution in [0.1, 0.15) is 28.9 Å². The molecule has 1 heterocycles. The Hall–Kier alpha value is -2.32. The first-order chi connectivity index (χ1) is 9.29. The summed E-state index contributed by atoms with van der Waals surface area (Å²) < 4.78 is 38.1. The first kappa shape index (κ1) is 14.1. The Balaban J connectivity index is 2.11. The summed E-state index contributed by atoms with van der Waals surface area (Å²) in [6.45, 7) is 0. The highest BCUT2D eigenvalue weighted by atomic mass is 19.4. The number of hydrogen-bond acceptors (Lipinski definition) is 4. The summed E-state index contributed by atoms with van der Waals surface area (Å²) in [6, 6.07) is 2.53. The van der Waals surface area contributed by atoms with Crippen molar-refractivity contribution in [3.8, 4) is 0 Å². The van der Waals surface area contributed by atoms with Crippen LogP contribution >= 0.6 is 0 Å². The number of oxime groups is 1. The fourth-order valence-electron chi connectivity index (χ4n) is 1.62. The summed E-state index contributed by atoms with van der Waals surface area (Å²) >= 11 is 0. The van der Waals surface area contributed by atoms with Gasteiger partial charge in [0.05, 0.1) is 0 Å². The van der Waals surface area contributed by atoms with E-state index in [-0.39, 0.29) is 29.9 Å².